The number of rotatable bonds is 6. The molecule has 0 fully saturated rings. The van der Waals surface area contributed by atoms with E-state index in [0.717, 1.165) is 0 Å². The Morgan fingerprint density at radius 1 is 1.17 bits per heavy atom. The molecule has 3 rings (SSSR count). The van der Waals surface area contributed by atoms with Crippen LogP contribution in [0.1, 0.15) is 13.3 Å². The molecule has 152 valence electrons. The summed E-state index contributed by atoms with van der Waals surface area (Å²) in [5.74, 6) is -1.48. The second kappa shape index (κ2) is 9.05. The van der Waals surface area contributed by atoms with E-state index in [1.165, 1.54) is 30.0 Å². The summed E-state index contributed by atoms with van der Waals surface area (Å²) in [5.41, 5.74) is 5.08. The molecule has 29 heavy (non-hydrogen) atoms. The van der Waals surface area contributed by atoms with E-state index in [1.54, 1.807) is 30.3 Å². The van der Waals surface area contributed by atoms with Gasteiger partial charge in [-0.25, -0.2) is 4.39 Å². The molecule has 8 nitrogen and oxygen atoms in total. The summed E-state index contributed by atoms with van der Waals surface area (Å²) in [6.45, 7) is 1.46. The second-order valence-corrected chi connectivity index (χ2v) is 6.28. The molecule has 0 saturated heterocycles. The van der Waals surface area contributed by atoms with Gasteiger partial charge in [0.05, 0.1) is 5.69 Å². The number of hydrogen-bond acceptors (Lipinski definition) is 5. The van der Waals surface area contributed by atoms with Gasteiger partial charge in [-0.1, -0.05) is 24.3 Å². The smallest absolute Gasteiger partial charge is 0.279 e. The number of nitrogens with one attached hydrogen (secondary N) is 2. The van der Waals surface area contributed by atoms with E-state index in [1.807, 2.05) is 0 Å². The molecular formula is C20H20FN3O5. The van der Waals surface area contributed by atoms with Crippen molar-refractivity contribution in [2.45, 2.75) is 19.4 Å². The maximum absolute atomic E-state index is 13.6. The summed E-state index contributed by atoms with van der Waals surface area (Å²) < 4.78 is 24.2. The fraction of sp³-hybridized carbons (Fsp3) is 0.250. The highest BCUT2D eigenvalue weighted by molar-refractivity contribution is 5.98. The number of hydrogen-bond donors (Lipinski definition) is 2. The van der Waals surface area contributed by atoms with Gasteiger partial charge in [-0.3, -0.25) is 25.2 Å². The Bertz CT molecular complexity index is 920. The largest absolute Gasteiger partial charge is 0.482 e. The molecule has 9 heteroatoms. The third kappa shape index (κ3) is 5.01. The molecule has 0 bridgehead atoms. The number of hydrazine groups is 1. The van der Waals surface area contributed by atoms with Crippen LogP contribution in [-0.2, 0) is 14.4 Å². The van der Waals surface area contributed by atoms with Crippen molar-refractivity contribution in [1.29, 1.82) is 0 Å². The number of anilines is 1. The molecule has 2 aromatic carbocycles. The highest BCUT2D eigenvalue weighted by Crippen LogP contribution is 2.31. The molecule has 1 aliphatic rings. The maximum atomic E-state index is 13.6. The summed E-state index contributed by atoms with van der Waals surface area (Å²) >= 11 is 0. The normalized spacial score (nSPS) is 13.7. The summed E-state index contributed by atoms with van der Waals surface area (Å²) in [7, 11) is 0. The van der Waals surface area contributed by atoms with Gasteiger partial charge in [0.2, 0.25) is 5.91 Å². The lowest BCUT2D eigenvalue weighted by Crippen LogP contribution is -2.48. The van der Waals surface area contributed by atoms with Crippen LogP contribution in [0.3, 0.4) is 0 Å². The Morgan fingerprint density at radius 3 is 2.69 bits per heavy atom. The molecule has 1 atom stereocenters. The zero-order chi connectivity index (χ0) is 20.8. The maximum Gasteiger partial charge on any atom is 0.279 e. The first-order chi connectivity index (χ1) is 14.0. The van der Waals surface area contributed by atoms with Gasteiger partial charge in [-0.2, -0.15) is 0 Å². The molecule has 3 amide bonds. The van der Waals surface area contributed by atoms with E-state index in [0.29, 0.717) is 11.4 Å². The van der Waals surface area contributed by atoms with Crippen LogP contribution in [0.25, 0.3) is 0 Å². The first-order valence-electron chi connectivity index (χ1n) is 8.98. The van der Waals surface area contributed by atoms with Crippen LogP contribution in [-0.4, -0.2) is 37.0 Å². The number of fused-ring (bicyclic) bond motifs is 1. The van der Waals surface area contributed by atoms with Crippen LogP contribution in [0.4, 0.5) is 10.1 Å². The number of amides is 3. The third-order valence-electron chi connectivity index (χ3n) is 4.21. The number of ether oxygens (including phenoxy) is 2. The van der Waals surface area contributed by atoms with Gasteiger partial charge in [0, 0.05) is 13.0 Å². The standard InChI is InChI=1S/C20H20FN3O5/c1-13(29-16-8-4-2-6-14(16)21)20(27)23-22-18(25)10-11-24-15-7-3-5-9-17(15)28-12-19(24)26/h2-9,13H,10-12H2,1H3,(H,22,25)(H,23,27). The van der Waals surface area contributed by atoms with E-state index in [9.17, 15) is 18.8 Å². The van der Waals surface area contributed by atoms with Crippen LogP contribution >= 0.6 is 0 Å². The first-order valence-corrected chi connectivity index (χ1v) is 8.98. The van der Waals surface area contributed by atoms with E-state index in [4.69, 9.17) is 9.47 Å². The van der Waals surface area contributed by atoms with Gasteiger partial charge in [-0.05, 0) is 31.2 Å². The lowest BCUT2D eigenvalue weighted by atomic mass is 10.2. The van der Waals surface area contributed by atoms with Crippen molar-refractivity contribution < 1.29 is 28.2 Å². The Morgan fingerprint density at radius 2 is 1.90 bits per heavy atom. The van der Waals surface area contributed by atoms with Crippen molar-refractivity contribution in [1.82, 2.24) is 10.9 Å². The van der Waals surface area contributed by atoms with Crippen LogP contribution < -0.4 is 25.2 Å². The minimum atomic E-state index is -1.03. The average molecular weight is 401 g/mol. The van der Waals surface area contributed by atoms with Gasteiger partial charge in [0.25, 0.3) is 11.8 Å². The van der Waals surface area contributed by atoms with Crippen LogP contribution in [0.5, 0.6) is 11.5 Å². The monoisotopic (exact) mass is 401 g/mol. The molecule has 0 spiro atoms. The van der Waals surface area contributed by atoms with Crippen molar-refractivity contribution in [3.05, 3.63) is 54.3 Å². The summed E-state index contributed by atoms with van der Waals surface area (Å²) in [4.78, 5) is 37.6. The van der Waals surface area contributed by atoms with Gasteiger partial charge < -0.3 is 14.4 Å². The number of halogens is 1. The number of nitrogens with zero attached hydrogens (tertiary/aromatic N) is 1. The topological polar surface area (TPSA) is 97.0 Å². The highest BCUT2D eigenvalue weighted by Gasteiger charge is 2.25. The molecule has 0 radical (unpaired) electrons. The van der Waals surface area contributed by atoms with Gasteiger partial charge in [-0.15, -0.1) is 0 Å². The van der Waals surface area contributed by atoms with Crippen LogP contribution in [0.15, 0.2) is 48.5 Å². The van der Waals surface area contributed by atoms with E-state index >= 15 is 0 Å². The molecule has 0 aliphatic carbocycles. The number of carbonyl (C=O) groups is 3. The number of benzene rings is 2. The third-order valence-corrected chi connectivity index (χ3v) is 4.21. The summed E-state index contributed by atoms with van der Waals surface area (Å²) in [5, 5.41) is 0. The zero-order valence-electron chi connectivity index (χ0n) is 15.7. The highest BCUT2D eigenvalue weighted by atomic mass is 19.1. The van der Waals surface area contributed by atoms with Gasteiger partial charge in [0.15, 0.2) is 24.3 Å². The quantitative estimate of drug-likeness (QED) is 0.716. The Labute approximate surface area is 166 Å². The molecule has 2 N–H and O–H groups in total. The fourth-order valence-electron chi connectivity index (χ4n) is 2.69. The lowest BCUT2D eigenvalue weighted by Gasteiger charge is -2.29. The molecular weight excluding hydrogens is 381 g/mol. The van der Waals surface area contributed by atoms with E-state index in [-0.39, 0.29) is 31.2 Å². The minimum absolute atomic E-state index is 0.0388. The number of carbonyl (C=O) groups excluding carboxylic acids is 3. The second-order valence-electron chi connectivity index (χ2n) is 6.28. The van der Waals surface area contributed by atoms with Crippen molar-refractivity contribution in [2.24, 2.45) is 0 Å². The van der Waals surface area contributed by atoms with Crippen LogP contribution in [0.2, 0.25) is 0 Å². The predicted molar refractivity (Wildman–Crippen MR) is 102 cm³/mol. The fourth-order valence-corrected chi connectivity index (χ4v) is 2.69. The van der Waals surface area contributed by atoms with Crippen molar-refractivity contribution >= 4 is 23.4 Å². The van der Waals surface area contributed by atoms with Gasteiger partial charge >= 0.3 is 0 Å². The number of para-hydroxylation sites is 3. The van der Waals surface area contributed by atoms with Crippen molar-refractivity contribution in [3.8, 4) is 11.5 Å². The van der Waals surface area contributed by atoms with E-state index < -0.39 is 23.7 Å². The zero-order valence-corrected chi connectivity index (χ0v) is 15.7. The van der Waals surface area contributed by atoms with Crippen LogP contribution in [0, 0.1) is 5.82 Å². The lowest BCUT2D eigenvalue weighted by molar-refractivity contribution is -0.132. The Balaban J connectivity index is 1.47. The molecule has 1 unspecified atom stereocenters. The SMILES string of the molecule is CC(Oc1ccccc1F)C(=O)NNC(=O)CCN1C(=O)COc2ccccc21. The van der Waals surface area contributed by atoms with Gasteiger partial charge in [0.1, 0.15) is 5.75 Å². The first kappa shape index (κ1) is 20.1. The molecule has 1 aliphatic heterocycles. The summed E-state index contributed by atoms with van der Waals surface area (Å²) in [6.07, 6.45) is -1.07. The van der Waals surface area contributed by atoms with Crippen molar-refractivity contribution in [2.75, 3.05) is 18.1 Å². The minimum Gasteiger partial charge on any atom is -0.482 e. The molecule has 2 aromatic rings. The average Bonchev–Trinajstić information content (AvgIpc) is 2.72. The predicted octanol–water partition coefficient (Wildman–Crippen LogP) is 1.56. The molecule has 1 heterocycles. The molecule has 0 aromatic heterocycles. The Kier molecular flexibility index (Phi) is 6.28. The molecule has 0 saturated carbocycles. The van der Waals surface area contributed by atoms with E-state index in [2.05, 4.69) is 10.9 Å². The summed E-state index contributed by atoms with van der Waals surface area (Å²) in [6, 6.07) is 12.7. The van der Waals surface area contributed by atoms with Crippen molar-refractivity contribution in [3.63, 3.8) is 0 Å². The Hall–Kier alpha value is -3.62.